The third-order valence-corrected chi connectivity index (χ3v) is 6.21. The third-order valence-electron chi connectivity index (χ3n) is 6.21. The number of hydrogen-bond donors (Lipinski definition) is 1. The fourth-order valence-corrected chi connectivity index (χ4v) is 4.59. The minimum atomic E-state index is -0.368. The molecule has 3 aromatic carbocycles. The normalized spacial score (nSPS) is 15.3. The predicted molar refractivity (Wildman–Crippen MR) is 136 cm³/mol. The molecule has 176 valence electrons. The molecule has 1 aliphatic rings. The lowest BCUT2D eigenvalue weighted by molar-refractivity contribution is -0.137. The molecule has 2 heterocycles. The molecule has 0 saturated carbocycles. The number of amides is 1. The molecule has 1 amide bonds. The number of aromatic amines is 1. The van der Waals surface area contributed by atoms with E-state index in [0.29, 0.717) is 17.7 Å². The zero-order chi connectivity index (χ0) is 24.4. The Kier molecular flexibility index (Phi) is 6.16. The van der Waals surface area contributed by atoms with Gasteiger partial charge < -0.3 is 14.5 Å². The first-order chi connectivity index (χ1) is 17.1. The van der Waals surface area contributed by atoms with Crippen LogP contribution >= 0.6 is 0 Å². The molecule has 0 radical (unpaired) electrons. The van der Waals surface area contributed by atoms with Gasteiger partial charge in [-0.2, -0.15) is 5.10 Å². The van der Waals surface area contributed by atoms with Gasteiger partial charge in [0.25, 0.3) is 11.5 Å². The third kappa shape index (κ3) is 4.22. The molecule has 0 saturated heterocycles. The summed E-state index contributed by atoms with van der Waals surface area (Å²) in [6.45, 7) is -0.108. The highest BCUT2D eigenvalue weighted by Gasteiger charge is 2.35. The van der Waals surface area contributed by atoms with Crippen LogP contribution in [0.25, 0.3) is 22.0 Å². The molecule has 0 bridgehead atoms. The summed E-state index contributed by atoms with van der Waals surface area (Å²) < 4.78 is 10.4. The summed E-state index contributed by atoms with van der Waals surface area (Å²) in [6.07, 6.45) is 0.392. The van der Waals surface area contributed by atoms with Crippen molar-refractivity contribution < 1.29 is 14.3 Å². The largest absolute Gasteiger partial charge is 0.497 e. The average Bonchev–Trinajstić information content (AvgIpc) is 3.34. The maximum Gasteiger partial charge on any atom is 0.269 e. The van der Waals surface area contributed by atoms with Crippen LogP contribution in [0, 0.1) is 0 Å². The number of pyridine rings is 1. The number of hydrazone groups is 1. The minimum absolute atomic E-state index is 0.108. The Labute approximate surface area is 202 Å². The fourth-order valence-electron chi connectivity index (χ4n) is 4.59. The molecule has 7 heteroatoms. The summed E-state index contributed by atoms with van der Waals surface area (Å²) in [5.41, 5.74) is 4.15. The van der Waals surface area contributed by atoms with Gasteiger partial charge in [0.2, 0.25) is 0 Å². The molecular formula is C28H25N3O4. The van der Waals surface area contributed by atoms with Gasteiger partial charge in [0.1, 0.15) is 12.4 Å². The Morgan fingerprint density at radius 3 is 2.40 bits per heavy atom. The molecule has 35 heavy (non-hydrogen) atoms. The number of aromatic nitrogens is 1. The number of nitrogens with zero attached hydrogens (tertiary/aromatic N) is 2. The van der Waals surface area contributed by atoms with E-state index in [9.17, 15) is 9.59 Å². The molecule has 7 nitrogen and oxygen atoms in total. The van der Waals surface area contributed by atoms with Crippen LogP contribution in [0.4, 0.5) is 0 Å². The SMILES string of the molecule is COCC(=O)N1N=C(c2c(-c3ccccc3)c3ccccc3[nH]c2=O)CC1c1ccc(OC)cc1. The van der Waals surface area contributed by atoms with Crippen LogP contribution in [0.15, 0.2) is 88.8 Å². The Hall–Kier alpha value is -4.23. The average molecular weight is 468 g/mol. The molecule has 5 rings (SSSR count). The second-order valence-electron chi connectivity index (χ2n) is 8.33. The van der Waals surface area contributed by atoms with Crippen molar-refractivity contribution in [2.45, 2.75) is 12.5 Å². The first-order valence-corrected chi connectivity index (χ1v) is 11.3. The zero-order valence-electron chi connectivity index (χ0n) is 19.5. The number of methoxy groups -OCH3 is 2. The molecule has 1 unspecified atom stereocenters. The number of para-hydroxylation sites is 1. The predicted octanol–water partition coefficient (Wildman–Crippen LogP) is 4.53. The standard InChI is InChI=1S/C28H25N3O4/c1-34-17-25(32)31-24(18-12-14-20(35-2)15-13-18)16-23(30-31)27-26(19-8-4-3-5-9-19)21-10-6-7-11-22(21)29-28(27)33/h3-15,24H,16-17H2,1-2H3,(H,29,33). The number of benzene rings is 3. The summed E-state index contributed by atoms with van der Waals surface area (Å²) in [5.74, 6) is 0.446. The van der Waals surface area contributed by atoms with Gasteiger partial charge in [0.05, 0.1) is 24.4 Å². The van der Waals surface area contributed by atoms with E-state index in [2.05, 4.69) is 4.98 Å². The first-order valence-electron chi connectivity index (χ1n) is 11.3. The van der Waals surface area contributed by atoms with Crippen molar-refractivity contribution in [2.24, 2.45) is 5.10 Å². The van der Waals surface area contributed by atoms with Gasteiger partial charge in [-0.25, -0.2) is 5.01 Å². The second kappa shape index (κ2) is 9.56. The highest BCUT2D eigenvalue weighted by atomic mass is 16.5. The van der Waals surface area contributed by atoms with Gasteiger partial charge in [0.15, 0.2) is 0 Å². The van der Waals surface area contributed by atoms with Gasteiger partial charge >= 0.3 is 0 Å². The van der Waals surface area contributed by atoms with E-state index >= 15 is 0 Å². The van der Waals surface area contributed by atoms with Gasteiger partial charge in [0, 0.05) is 30.0 Å². The molecule has 1 N–H and O–H groups in total. The summed E-state index contributed by atoms with van der Waals surface area (Å²) >= 11 is 0. The second-order valence-corrected chi connectivity index (χ2v) is 8.33. The molecule has 0 aliphatic carbocycles. The summed E-state index contributed by atoms with van der Waals surface area (Å²) in [5, 5.41) is 7.05. The van der Waals surface area contributed by atoms with Crippen molar-refractivity contribution in [3.63, 3.8) is 0 Å². The maximum atomic E-state index is 13.5. The molecule has 0 fully saturated rings. The minimum Gasteiger partial charge on any atom is -0.497 e. The summed E-state index contributed by atoms with van der Waals surface area (Å²) in [6, 6.07) is 24.7. The summed E-state index contributed by atoms with van der Waals surface area (Å²) in [7, 11) is 3.08. The number of H-pyrrole nitrogens is 1. The van der Waals surface area contributed by atoms with Crippen molar-refractivity contribution in [1.82, 2.24) is 9.99 Å². The highest BCUT2D eigenvalue weighted by molar-refractivity contribution is 6.12. The van der Waals surface area contributed by atoms with Crippen LogP contribution < -0.4 is 10.3 Å². The lowest BCUT2D eigenvalue weighted by Crippen LogP contribution is -2.30. The van der Waals surface area contributed by atoms with Crippen LogP contribution in [0.3, 0.4) is 0 Å². The van der Waals surface area contributed by atoms with Crippen molar-refractivity contribution in [3.05, 3.63) is 100 Å². The van der Waals surface area contributed by atoms with Crippen LogP contribution in [-0.4, -0.2) is 42.4 Å². The molecule has 1 aliphatic heterocycles. The van der Waals surface area contributed by atoms with Crippen molar-refractivity contribution in [2.75, 3.05) is 20.8 Å². The molecule has 1 atom stereocenters. The molecule has 1 aromatic heterocycles. The molecular weight excluding hydrogens is 442 g/mol. The van der Waals surface area contributed by atoms with Crippen LogP contribution in [0.5, 0.6) is 5.75 Å². The monoisotopic (exact) mass is 467 g/mol. The van der Waals surface area contributed by atoms with Crippen molar-refractivity contribution in [1.29, 1.82) is 0 Å². The Morgan fingerprint density at radius 2 is 1.69 bits per heavy atom. The van der Waals surface area contributed by atoms with Crippen LogP contribution in [0.2, 0.25) is 0 Å². The quantitative estimate of drug-likeness (QED) is 0.452. The van der Waals surface area contributed by atoms with E-state index in [4.69, 9.17) is 14.6 Å². The van der Waals surface area contributed by atoms with Crippen molar-refractivity contribution in [3.8, 4) is 16.9 Å². The maximum absolute atomic E-state index is 13.5. The Morgan fingerprint density at radius 1 is 0.971 bits per heavy atom. The van der Waals surface area contributed by atoms with Crippen LogP contribution in [-0.2, 0) is 9.53 Å². The first kappa shape index (κ1) is 22.6. The van der Waals surface area contributed by atoms with Gasteiger partial charge in [-0.15, -0.1) is 0 Å². The molecule has 0 spiro atoms. The van der Waals surface area contributed by atoms with E-state index in [1.807, 2.05) is 78.9 Å². The lowest BCUT2D eigenvalue weighted by Gasteiger charge is -2.21. The number of nitrogens with one attached hydrogen (secondary N) is 1. The van der Waals surface area contributed by atoms with E-state index in [-0.39, 0.29) is 24.1 Å². The van der Waals surface area contributed by atoms with E-state index in [1.54, 1.807) is 7.11 Å². The number of rotatable bonds is 6. The van der Waals surface area contributed by atoms with E-state index in [1.165, 1.54) is 12.1 Å². The van der Waals surface area contributed by atoms with Gasteiger partial charge in [-0.1, -0.05) is 60.7 Å². The smallest absolute Gasteiger partial charge is 0.269 e. The topological polar surface area (TPSA) is 84.0 Å². The van der Waals surface area contributed by atoms with Crippen LogP contribution in [0.1, 0.15) is 23.6 Å². The lowest BCUT2D eigenvalue weighted by atomic mass is 9.91. The number of fused-ring (bicyclic) bond motifs is 1. The number of carbonyl (C=O) groups is 1. The number of hydrogen-bond acceptors (Lipinski definition) is 5. The molecule has 4 aromatic rings. The number of carbonyl (C=O) groups excluding carboxylic acids is 1. The van der Waals surface area contributed by atoms with Gasteiger partial charge in [-0.05, 0) is 29.3 Å². The Balaban J connectivity index is 1.68. The summed E-state index contributed by atoms with van der Waals surface area (Å²) in [4.78, 5) is 29.4. The Bertz CT molecular complexity index is 1460. The van der Waals surface area contributed by atoms with Gasteiger partial charge in [-0.3, -0.25) is 9.59 Å². The fraction of sp³-hybridized carbons (Fsp3) is 0.179. The zero-order valence-corrected chi connectivity index (χ0v) is 19.5. The number of ether oxygens (including phenoxy) is 2. The van der Waals surface area contributed by atoms with Crippen molar-refractivity contribution >= 4 is 22.5 Å². The van der Waals surface area contributed by atoms with E-state index in [0.717, 1.165) is 33.3 Å². The highest BCUT2D eigenvalue weighted by Crippen LogP contribution is 2.37. The van der Waals surface area contributed by atoms with E-state index < -0.39 is 0 Å².